The molecule has 1 saturated heterocycles. The number of fused-ring (bicyclic) bond motifs is 1. The van der Waals surface area contributed by atoms with E-state index >= 15 is 0 Å². The average molecular weight is 330 g/mol. The molecule has 114 valence electrons. The number of carboxylic acid groups (broad SMARTS) is 1. The van der Waals surface area contributed by atoms with Crippen molar-refractivity contribution < 1.29 is 18.3 Å². The lowest BCUT2D eigenvalue weighted by Crippen LogP contribution is -2.51. The van der Waals surface area contributed by atoms with Crippen molar-refractivity contribution in [3.63, 3.8) is 0 Å². The van der Waals surface area contributed by atoms with Crippen molar-refractivity contribution in [1.82, 2.24) is 4.31 Å². The summed E-state index contributed by atoms with van der Waals surface area (Å²) in [5.41, 5.74) is -0.402. The van der Waals surface area contributed by atoms with Gasteiger partial charge in [0.15, 0.2) is 0 Å². The van der Waals surface area contributed by atoms with E-state index < -0.39 is 21.5 Å². The van der Waals surface area contributed by atoms with Crippen molar-refractivity contribution in [2.24, 2.45) is 5.92 Å². The van der Waals surface area contributed by atoms with Crippen LogP contribution < -0.4 is 0 Å². The van der Waals surface area contributed by atoms with Crippen LogP contribution in [-0.4, -0.2) is 35.9 Å². The van der Waals surface area contributed by atoms with Crippen LogP contribution in [0.15, 0.2) is 23.1 Å². The lowest BCUT2D eigenvalue weighted by Gasteiger charge is -2.32. The lowest BCUT2D eigenvalue weighted by atomic mass is 10.1. The summed E-state index contributed by atoms with van der Waals surface area (Å²) in [7, 11) is -3.90. The maximum atomic E-state index is 12.8. The highest BCUT2D eigenvalue weighted by Gasteiger charge is 2.68. The summed E-state index contributed by atoms with van der Waals surface area (Å²) in [6.07, 6.45) is 1.84. The number of nitrogens with zero attached hydrogens (tertiary/aromatic N) is 1. The van der Waals surface area contributed by atoms with Gasteiger partial charge >= 0.3 is 5.97 Å². The van der Waals surface area contributed by atoms with E-state index in [9.17, 15) is 18.3 Å². The fraction of sp³-hybridized carbons (Fsp3) is 0.500. The van der Waals surface area contributed by atoms with E-state index in [1.165, 1.54) is 6.07 Å². The Morgan fingerprint density at radius 2 is 2.19 bits per heavy atom. The summed E-state index contributed by atoms with van der Waals surface area (Å²) >= 11 is 6.07. The Labute approximate surface area is 128 Å². The summed E-state index contributed by atoms with van der Waals surface area (Å²) < 4.78 is 26.8. The predicted octanol–water partition coefficient (Wildman–Crippen LogP) is 2.28. The molecule has 1 saturated carbocycles. The third kappa shape index (κ3) is 2.08. The molecular formula is C14H16ClNO4S. The molecule has 1 aliphatic carbocycles. The van der Waals surface area contributed by atoms with Crippen LogP contribution in [0.1, 0.15) is 24.8 Å². The molecule has 0 amide bonds. The van der Waals surface area contributed by atoms with Crippen molar-refractivity contribution in [1.29, 1.82) is 0 Å². The largest absolute Gasteiger partial charge is 0.480 e. The number of aliphatic carboxylic acids is 1. The van der Waals surface area contributed by atoms with E-state index in [0.717, 1.165) is 16.3 Å². The minimum atomic E-state index is -3.90. The van der Waals surface area contributed by atoms with Crippen LogP contribution in [0.3, 0.4) is 0 Å². The quantitative estimate of drug-likeness (QED) is 0.923. The summed E-state index contributed by atoms with van der Waals surface area (Å²) in [5.74, 6) is -1.14. The number of aryl methyl sites for hydroxylation is 1. The van der Waals surface area contributed by atoms with Gasteiger partial charge in [-0.3, -0.25) is 4.79 Å². The molecule has 0 aromatic heterocycles. The molecule has 1 N–H and O–H groups in total. The van der Waals surface area contributed by atoms with Gasteiger partial charge in [-0.2, -0.15) is 4.31 Å². The molecule has 0 bridgehead atoms. The van der Waals surface area contributed by atoms with Crippen LogP contribution in [0.5, 0.6) is 0 Å². The molecular weight excluding hydrogens is 314 g/mol. The Kier molecular flexibility index (Phi) is 3.31. The number of hydrogen-bond donors (Lipinski definition) is 1. The maximum Gasteiger partial charge on any atom is 0.325 e. The van der Waals surface area contributed by atoms with Gasteiger partial charge in [0.2, 0.25) is 10.0 Å². The summed E-state index contributed by atoms with van der Waals surface area (Å²) in [4.78, 5) is 11.6. The molecule has 1 aliphatic heterocycles. The van der Waals surface area contributed by atoms with Gasteiger partial charge in [-0.05, 0) is 49.8 Å². The van der Waals surface area contributed by atoms with Crippen molar-refractivity contribution >= 4 is 27.6 Å². The number of sulfonamides is 1. The van der Waals surface area contributed by atoms with E-state index in [-0.39, 0.29) is 22.4 Å². The number of carboxylic acids is 1. The number of benzene rings is 1. The molecule has 2 fully saturated rings. The van der Waals surface area contributed by atoms with Crippen molar-refractivity contribution in [2.45, 2.75) is 36.6 Å². The minimum Gasteiger partial charge on any atom is -0.480 e. The molecule has 1 aromatic rings. The second-order valence-electron chi connectivity index (χ2n) is 5.78. The van der Waals surface area contributed by atoms with Crippen molar-refractivity contribution in [3.8, 4) is 0 Å². The van der Waals surface area contributed by atoms with Crippen molar-refractivity contribution in [3.05, 3.63) is 28.8 Å². The van der Waals surface area contributed by atoms with E-state index in [1.807, 2.05) is 6.92 Å². The zero-order valence-electron chi connectivity index (χ0n) is 11.5. The second kappa shape index (κ2) is 4.69. The van der Waals surface area contributed by atoms with Crippen LogP contribution in [0, 0.1) is 12.8 Å². The SMILES string of the molecule is Cc1ccc(S(=O)(=O)N2CCC[C@@H]3C[C@@]32C(=O)O)c(Cl)c1. The number of rotatable bonds is 3. The molecule has 2 atom stereocenters. The number of piperidine rings is 1. The van der Waals surface area contributed by atoms with Crippen LogP contribution in [-0.2, 0) is 14.8 Å². The fourth-order valence-corrected chi connectivity index (χ4v) is 5.69. The Morgan fingerprint density at radius 1 is 1.48 bits per heavy atom. The third-order valence-corrected chi connectivity index (χ3v) is 6.88. The van der Waals surface area contributed by atoms with Gasteiger partial charge in [0.1, 0.15) is 10.4 Å². The highest BCUT2D eigenvalue weighted by atomic mass is 35.5. The molecule has 0 radical (unpaired) electrons. The Hall–Kier alpha value is -1.11. The Bertz CT molecular complexity index is 718. The molecule has 3 rings (SSSR count). The Morgan fingerprint density at radius 3 is 2.81 bits per heavy atom. The second-order valence-corrected chi connectivity index (χ2v) is 8.02. The van der Waals surface area contributed by atoms with Crippen molar-refractivity contribution in [2.75, 3.05) is 6.54 Å². The van der Waals surface area contributed by atoms with Gasteiger partial charge in [-0.15, -0.1) is 0 Å². The molecule has 1 heterocycles. The molecule has 0 unspecified atom stereocenters. The molecule has 7 heteroatoms. The molecule has 1 aromatic carbocycles. The smallest absolute Gasteiger partial charge is 0.325 e. The van der Waals surface area contributed by atoms with Crippen LogP contribution >= 0.6 is 11.6 Å². The first kappa shape index (κ1) is 14.8. The summed E-state index contributed by atoms with van der Waals surface area (Å²) in [6, 6.07) is 4.70. The zero-order valence-corrected chi connectivity index (χ0v) is 13.1. The first-order valence-corrected chi connectivity index (χ1v) is 8.64. The highest BCUT2D eigenvalue weighted by Crippen LogP contribution is 2.56. The van der Waals surface area contributed by atoms with Crippen LogP contribution in [0.4, 0.5) is 0 Å². The highest BCUT2D eigenvalue weighted by molar-refractivity contribution is 7.89. The van der Waals surface area contributed by atoms with Gasteiger partial charge < -0.3 is 5.11 Å². The van der Waals surface area contributed by atoms with Gasteiger partial charge in [0.05, 0.1) is 5.02 Å². The summed E-state index contributed by atoms with van der Waals surface area (Å²) in [6.45, 7) is 2.05. The predicted molar refractivity (Wildman–Crippen MR) is 77.8 cm³/mol. The fourth-order valence-electron chi connectivity index (χ4n) is 3.28. The topological polar surface area (TPSA) is 74.7 Å². The standard InChI is InChI=1S/C14H16ClNO4S/c1-9-4-5-12(11(15)7-9)21(19,20)16-6-2-3-10-8-14(10,16)13(17)18/h4-5,7,10H,2-3,6,8H2,1H3,(H,17,18)/t10-,14+/m1/s1. The van der Waals surface area contributed by atoms with Gasteiger partial charge in [-0.25, -0.2) is 8.42 Å². The van der Waals surface area contributed by atoms with E-state index in [1.54, 1.807) is 12.1 Å². The first-order valence-electron chi connectivity index (χ1n) is 6.82. The van der Waals surface area contributed by atoms with E-state index in [0.29, 0.717) is 12.8 Å². The number of hydrogen-bond acceptors (Lipinski definition) is 3. The minimum absolute atomic E-state index is 0.0112. The van der Waals surface area contributed by atoms with Crippen LogP contribution in [0.2, 0.25) is 5.02 Å². The third-order valence-electron chi connectivity index (χ3n) is 4.46. The average Bonchev–Trinajstić information content (AvgIpc) is 3.13. The lowest BCUT2D eigenvalue weighted by molar-refractivity contribution is -0.144. The van der Waals surface area contributed by atoms with E-state index in [4.69, 9.17) is 11.6 Å². The maximum absolute atomic E-state index is 12.8. The zero-order chi connectivity index (χ0) is 15.4. The molecule has 0 spiro atoms. The number of carbonyl (C=O) groups is 1. The normalized spacial score (nSPS) is 29.0. The molecule has 2 aliphatic rings. The Balaban J connectivity index is 2.07. The van der Waals surface area contributed by atoms with E-state index in [2.05, 4.69) is 0 Å². The molecule has 21 heavy (non-hydrogen) atoms. The molecule has 5 nitrogen and oxygen atoms in total. The number of halogens is 1. The van der Waals surface area contributed by atoms with Gasteiger partial charge in [0, 0.05) is 6.54 Å². The monoisotopic (exact) mass is 329 g/mol. The van der Waals surface area contributed by atoms with Gasteiger partial charge in [0.25, 0.3) is 0 Å². The first-order chi connectivity index (χ1) is 9.80. The van der Waals surface area contributed by atoms with Gasteiger partial charge in [-0.1, -0.05) is 17.7 Å². The summed E-state index contributed by atoms with van der Waals surface area (Å²) in [5, 5.41) is 9.63. The van der Waals surface area contributed by atoms with Crippen LogP contribution in [0.25, 0.3) is 0 Å².